The third-order valence-corrected chi connectivity index (χ3v) is 3.44. The topological polar surface area (TPSA) is 43.8 Å². The summed E-state index contributed by atoms with van der Waals surface area (Å²) in [6.07, 6.45) is 10.3. The van der Waals surface area contributed by atoms with Crippen LogP contribution >= 0.6 is 0 Å². The maximum Gasteiger partial charge on any atom is 0.0948 e. The fraction of sp³-hybridized carbons (Fsp3) is 0.750. The van der Waals surface area contributed by atoms with E-state index in [0.717, 1.165) is 13.0 Å². The van der Waals surface area contributed by atoms with Crippen LogP contribution in [0.3, 0.4) is 0 Å². The van der Waals surface area contributed by atoms with Gasteiger partial charge in [0.2, 0.25) is 0 Å². The quantitative estimate of drug-likeness (QED) is 0.775. The summed E-state index contributed by atoms with van der Waals surface area (Å²) in [7, 11) is 0. The van der Waals surface area contributed by atoms with Gasteiger partial charge in [-0.2, -0.15) is 0 Å². The number of nitrogens with zero attached hydrogens (tertiary/aromatic N) is 2. The molecule has 2 rings (SSSR count). The van der Waals surface area contributed by atoms with E-state index < -0.39 is 0 Å². The highest BCUT2D eigenvalue weighted by atomic mass is 15.1. The van der Waals surface area contributed by atoms with Crippen molar-refractivity contribution in [1.29, 1.82) is 0 Å². The minimum Gasteiger partial charge on any atom is -0.334 e. The van der Waals surface area contributed by atoms with Gasteiger partial charge in [-0.3, -0.25) is 0 Å². The van der Waals surface area contributed by atoms with Crippen molar-refractivity contribution < 1.29 is 0 Å². The fourth-order valence-corrected chi connectivity index (χ4v) is 2.40. The third-order valence-electron chi connectivity index (χ3n) is 3.44. The minimum atomic E-state index is 0.596. The normalized spacial score (nSPS) is 18.0. The molecule has 0 saturated heterocycles. The third kappa shape index (κ3) is 2.40. The van der Waals surface area contributed by atoms with Gasteiger partial charge in [0.15, 0.2) is 0 Å². The molecule has 1 fully saturated rings. The summed E-state index contributed by atoms with van der Waals surface area (Å²) in [5, 5.41) is 0. The van der Waals surface area contributed by atoms with Gasteiger partial charge in [0, 0.05) is 24.9 Å². The molecule has 0 atom stereocenters. The van der Waals surface area contributed by atoms with Gasteiger partial charge in [-0.1, -0.05) is 13.3 Å². The van der Waals surface area contributed by atoms with E-state index in [2.05, 4.69) is 16.5 Å². The van der Waals surface area contributed by atoms with Crippen LogP contribution in [0.4, 0.5) is 0 Å². The van der Waals surface area contributed by atoms with Gasteiger partial charge in [-0.05, 0) is 31.2 Å². The second-order valence-electron chi connectivity index (χ2n) is 4.80. The summed E-state index contributed by atoms with van der Waals surface area (Å²) in [5.74, 6) is 0. The molecule has 3 heteroatoms. The van der Waals surface area contributed by atoms with Crippen LogP contribution in [0.1, 0.15) is 38.3 Å². The highest BCUT2D eigenvalue weighted by Gasteiger charge is 2.41. The number of hydrogen-bond acceptors (Lipinski definition) is 2. The maximum atomic E-state index is 5.59. The first-order valence-corrected chi connectivity index (χ1v) is 5.99. The van der Waals surface area contributed by atoms with Crippen molar-refractivity contribution in [3.8, 4) is 0 Å². The van der Waals surface area contributed by atoms with Crippen LogP contribution in [0.2, 0.25) is 0 Å². The molecule has 1 heterocycles. The van der Waals surface area contributed by atoms with Gasteiger partial charge in [-0.15, -0.1) is 0 Å². The number of aromatic nitrogens is 2. The zero-order chi connectivity index (χ0) is 10.7. The van der Waals surface area contributed by atoms with Gasteiger partial charge >= 0.3 is 0 Å². The molecule has 1 aliphatic rings. The zero-order valence-corrected chi connectivity index (χ0v) is 9.58. The molecule has 1 aromatic rings. The van der Waals surface area contributed by atoms with E-state index in [9.17, 15) is 0 Å². The molecular formula is C12H21N3. The van der Waals surface area contributed by atoms with E-state index in [4.69, 9.17) is 5.73 Å². The van der Waals surface area contributed by atoms with Crippen molar-refractivity contribution in [2.45, 2.75) is 45.6 Å². The van der Waals surface area contributed by atoms with Crippen LogP contribution in [0.5, 0.6) is 0 Å². The van der Waals surface area contributed by atoms with Crippen molar-refractivity contribution in [1.82, 2.24) is 9.55 Å². The highest BCUT2D eigenvalue weighted by Crippen LogP contribution is 2.51. The second-order valence-corrected chi connectivity index (χ2v) is 4.80. The number of nitrogens with two attached hydrogens (primary N) is 1. The Bertz CT molecular complexity index is 312. The Kier molecular flexibility index (Phi) is 3.10. The molecule has 0 amide bonds. The van der Waals surface area contributed by atoms with Crippen molar-refractivity contribution in [3.05, 3.63) is 18.2 Å². The van der Waals surface area contributed by atoms with E-state index in [0.29, 0.717) is 12.0 Å². The Hall–Kier alpha value is -0.830. The summed E-state index contributed by atoms with van der Waals surface area (Å²) in [6, 6.07) is 0. The largest absolute Gasteiger partial charge is 0.334 e. The molecule has 1 aliphatic carbocycles. The van der Waals surface area contributed by atoms with Gasteiger partial charge in [-0.25, -0.2) is 4.98 Å². The Morgan fingerprint density at radius 1 is 1.53 bits per heavy atom. The van der Waals surface area contributed by atoms with Crippen LogP contribution < -0.4 is 5.73 Å². The lowest BCUT2D eigenvalue weighted by Gasteiger charge is -2.16. The first-order valence-electron chi connectivity index (χ1n) is 5.99. The van der Waals surface area contributed by atoms with Crippen molar-refractivity contribution in [3.63, 3.8) is 0 Å². The van der Waals surface area contributed by atoms with Crippen LogP contribution in [-0.4, -0.2) is 16.1 Å². The molecule has 0 spiro atoms. The Morgan fingerprint density at radius 2 is 2.33 bits per heavy atom. The summed E-state index contributed by atoms with van der Waals surface area (Å²) >= 11 is 0. The SMILES string of the molecule is CCCC1(Cn2cncc2CCN)CC1. The molecule has 3 nitrogen and oxygen atoms in total. The predicted octanol–water partition coefficient (Wildman–Crippen LogP) is 1.96. The van der Waals surface area contributed by atoms with Gasteiger partial charge in [0.1, 0.15) is 0 Å². The Labute approximate surface area is 91.7 Å². The average Bonchev–Trinajstić information content (AvgIpc) is 2.83. The van der Waals surface area contributed by atoms with E-state index in [1.165, 1.54) is 31.4 Å². The number of rotatable bonds is 6. The maximum absolute atomic E-state index is 5.59. The molecule has 0 bridgehead atoms. The zero-order valence-electron chi connectivity index (χ0n) is 9.58. The van der Waals surface area contributed by atoms with Gasteiger partial charge in [0.25, 0.3) is 0 Å². The van der Waals surface area contributed by atoms with Crippen LogP contribution in [0, 0.1) is 5.41 Å². The standard InChI is InChI=1S/C12H21N3/c1-2-4-12(5-6-12)9-15-10-14-8-11(15)3-7-13/h8,10H,2-7,9,13H2,1H3. The number of hydrogen-bond donors (Lipinski definition) is 1. The Balaban J connectivity index is 2.00. The van der Waals surface area contributed by atoms with E-state index >= 15 is 0 Å². The second kappa shape index (κ2) is 4.35. The lowest BCUT2D eigenvalue weighted by Crippen LogP contribution is -2.15. The molecule has 0 aromatic carbocycles. The van der Waals surface area contributed by atoms with E-state index in [-0.39, 0.29) is 0 Å². The summed E-state index contributed by atoms with van der Waals surface area (Å²) in [5.41, 5.74) is 7.47. The van der Waals surface area contributed by atoms with Gasteiger partial charge in [0.05, 0.1) is 6.33 Å². The molecule has 0 aliphatic heterocycles. The molecule has 1 aromatic heterocycles. The minimum absolute atomic E-state index is 0.596. The molecule has 1 saturated carbocycles. The van der Waals surface area contributed by atoms with E-state index in [1.807, 2.05) is 12.5 Å². The van der Waals surface area contributed by atoms with Crippen LogP contribution in [-0.2, 0) is 13.0 Å². The summed E-state index contributed by atoms with van der Waals surface area (Å²) in [6.45, 7) is 4.14. The highest BCUT2D eigenvalue weighted by molar-refractivity contribution is 5.02. The molecule has 2 N–H and O–H groups in total. The molecule has 15 heavy (non-hydrogen) atoms. The van der Waals surface area contributed by atoms with Crippen molar-refractivity contribution in [2.24, 2.45) is 11.1 Å². The first-order chi connectivity index (χ1) is 7.29. The molecule has 0 radical (unpaired) electrons. The summed E-state index contributed by atoms with van der Waals surface area (Å²) in [4.78, 5) is 4.22. The lowest BCUT2D eigenvalue weighted by atomic mass is 10.0. The predicted molar refractivity (Wildman–Crippen MR) is 61.6 cm³/mol. The van der Waals surface area contributed by atoms with Gasteiger partial charge < -0.3 is 10.3 Å². The molecular weight excluding hydrogens is 186 g/mol. The van der Waals surface area contributed by atoms with Crippen molar-refractivity contribution >= 4 is 0 Å². The lowest BCUT2D eigenvalue weighted by molar-refractivity contribution is 0.382. The molecule has 84 valence electrons. The number of imidazole rings is 1. The Morgan fingerprint density at radius 3 is 2.93 bits per heavy atom. The average molecular weight is 207 g/mol. The van der Waals surface area contributed by atoms with Crippen LogP contribution in [0.15, 0.2) is 12.5 Å². The molecule has 0 unspecified atom stereocenters. The fourth-order valence-electron chi connectivity index (χ4n) is 2.40. The van der Waals surface area contributed by atoms with Crippen molar-refractivity contribution in [2.75, 3.05) is 6.54 Å². The monoisotopic (exact) mass is 207 g/mol. The van der Waals surface area contributed by atoms with E-state index in [1.54, 1.807) is 0 Å². The first kappa shape index (κ1) is 10.7. The van der Waals surface area contributed by atoms with Crippen LogP contribution in [0.25, 0.3) is 0 Å². The summed E-state index contributed by atoms with van der Waals surface area (Å²) < 4.78 is 2.30. The smallest absolute Gasteiger partial charge is 0.0948 e.